The van der Waals surface area contributed by atoms with Crippen LogP contribution in [0.2, 0.25) is 0 Å². The number of nitrogens with zero attached hydrogens (tertiary/aromatic N) is 4. The summed E-state index contributed by atoms with van der Waals surface area (Å²) in [7, 11) is 0. The Morgan fingerprint density at radius 2 is 2.04 bits per heavy atom. The molecule has 3 rings (SSSR count). The van der Waals surface area contributed by atoms with E-state index in [2.05, 4.69) is 4.98 Å². The number of aromatic nitrogens is 2. The average Bonchev–Trinajstić information content (AvgIpc) is 3.17. The molecule has 1 aromatic rings. The Bertz CT molecular complexity index is 542. The number of aliphatic hydroxyl groups is 1. The molecule has 8 heteroatoms. The molecule has 2 fully saturated rings. The largest absolute Gasteiger partial charge is 0.390 e. The number of hydrogen-bond acceptors (Lipinski definition) is 4. The van der Waals surface area contributed by atoms with Crippen LogP contribution < -0.4 is 0 Å². The molecule has 2 aliphatic rings. The van der Waals surface area contributed by atoms with Crippen molar-refractivity contribution >= 4 is 5.91 Å². The third-order valence-corrected chi connectivity index (χ3v) is 4.98. The summed E-state index contributed by atoms with van der Waals surface area (Å²) in [5, 5.41) is 10.2. The van der Waals surface area contributed by atoms with Gasteiger partial charge in [-0.25, -0.2) is 13.8 Å². The molecule has 134 valence electrons. The number of piperidine rings is 1. The summed E-state index contributed by atoms with van der Waals surface area (Å²) in [6.07, 6.45) is 5.39. The Morgan fingerprint density at radius 1 is 1.29 bits per heavy atom. The number of carbonyl (C=O) groups excluding carboxylic acids is 1. The first-order chi connectivity index (χ1) is 11.4. The Balaban J connectivity index is 1.45. The van der Waals surface area contributed by atoms with Gasteiger partial charge in [-0.3, -0.25) is 9.69 Å². The minimum atomic E-state index is -2.59. The molecule has 0 spiro atoms. The van der Waals surface area contributed by atoms with E-state index in [1.165, 1.54) is 0 Å². The van der Waals surface area contributed by atoms with Crippen molar-refractivity contribution in [2.75, 3.05) is 26.2 Å². The van der Waals surface area contributed by atoms with Crippen LogP contribution in [-0.4, -0.2) is 74.6 Å². The molecule has 1 N–H and O–H groups in total. The van der Waals surface area contributed by atoms with Crippen LogP contribution >= 0.6 is 0 Å². The molecule has 0 unspecified atom stereocenters. The zero-order valence-corrected chi connectivity index (χ0v) is 13.7. The van der Waals surface area contributed by atoms with E-state index in [-0.39, 0.29) is 37.9 Å². The maximum Gasteiger partial charge on any atom is 0.250 e. The highest BCUT2D eigenvalue weighted by Gasteiger charge is 2.42. The maximum absolute atomic E-state index is 13.3. The monoisotopic (exact) mass is 342 g/mol. The average molecular weight is 342 g/mol. The molecule has 0 aliphatic carbocycles. The van der Waals surface area contributed by atoms with Crippen molar-refractivity contribution in [2.45, 2.75) is 50.3 Å². The molecular weight excluding hydrogens is 318 g/mol. The summed E-state index contributed by atoms with van der Waals surface area (Å²) >= 11 is 0. The van der Waals surface area contributed by atoms with E-state index in [1.54, 1.807) is 17.4 Å². The summed E-state index contributed by atoms with van der Waals surface area (Å²) in [6.45, 7) is 2.00. The Kier molecular flexibility index (Phi) is 5.15. The second kappa shape index (κ2) is 7.14. The van der Waals surface area contributed by atoms with E-state index in [9.17, 15) is 18.7 Å². The Morgan fingerprint density at radius 3 is 2.71 bits per heavy atom. The van der Waals surface area contributed by atoms with Gasteiger partial charge in [0.25, 0.3) is 5.92 Å². The van der Waals surface area contributed by atoms with Gasteiger partial charge in [-0.2, -0.15) is 0 Å². The number of carbonyl (C=O) groups is 1. The fourth-order valence-electron chi connectivity index (χ4n) is 3.50. The number of likely N-dealkylation sites (tertiary alicyclic amines) is 2. The number of aryl methyl sites for hydroxylation is 1. The van der Waals surface area contributed by atoms with Crippen molar-refractivity contribution in [3.63, 3.8) is 0 Å². The molecule has 0 aromatic carbocycles. The van der Waals surface area contributed by atoms with Crippen LogP contribution in [0.5, 0.6) is 0 Å². The van der Waals surface area contributed by atoms with E-state index in [4.69, 9.17) is 0 Å². The summed E-state index contributed by atoms with van der Waals surface area (Å²) in [4.78, 5) is 19.8. The van der Waals surface area contributed by atoms with Crippen molar-refractivity contribution < 1.29 is 18.7 Å². The lowest BCUT2D eigenvalue weighted by atomic mass is 10.0. The molecule has 2 aliphatic heterocycles. The van der Waals surface area contributed by atoms with Crippen molar-refractivity contribution in [1.29, 1.82) is 0 Å². The van der Waals surface area contributed by atoms with Crippen LogP contribution in [-0.2, 0) is 11.3 Å². The molecular formula is C16H24F2N4O2. The summed E-state index contributed by atoms with van der Waals surface area (Å²) < 4.78 is 28.4. The molecule has 0 saturated carbocycles. The minimum absolute atomic E-state index is 0.0130. The van der Waals surface area contributed by atoms with Crippen LogP contribution in [0.3, 0.4) is 0 Å². The molecule has 2 saturated heterocycles. The number of alkyl halides is 2. The highest BCUT2D eigenvalue weighted by atomic mass is 19.3. The number of rotatable bonds is 5. The van der Waals surface area contributed by atoms with Crippen LogP contribution in [0, 0.1) is 0 Å². The quantitative estimate of drug-likeness (QED) is 0.866. The van der Waals surface area contributed by atoms with Gasteiger partial charge in [0.1, 0.15) is 0 Å². The van der Waals surface area contributed by atoms with Gasteiger partial charge in [-0.1, -0.05) is 0 Å². The fraction of sp³-hybridized carbons (Fsp3) is 0.750. The third kappa shape index (κ3) is 4.10. The van der Waals surface area contributed by atoms with E-state index in [0.29, 0.717) is 25.9 Å². The fourth-order valence-corrected chi connectivity index (χ4v) is 3.50. The van der Waals surface area contributed by atoms with Gasteiger partial charge < -0.3 is 14.6 Å². The maximum atomic E-state index is 13.3. The second-order valence-electron chi connectivity index (χ2n) is 6.73. The van der Waals surface area contributed by atoms with Crippen molar-refractivity contribution in [3.8, 4) is 0 Å². The standard InChI is InChI=1S/C16H24F2N4O2/c17-16(18)3-7-21(8-4-16)13-10-22(11-14(13)23)15(24)2-1-6-20-9-5-19-12-20/h5,9,12-14,23H,1-4,6-8,10-11H2/t13-,14-/m1/s1. The third-order valence-electron chi connectivity index (χ3n) is 4.98. The van der Waals surface area contributed by atoms with Gasteiger partial charge in [-0.15, -0.1) is 0 Å². The van der Waals surface area contributed by atoms with Gasteiger partial charge in [0.05, 0.1) is 18.5 Å². The van der Waals surface area contributed by atoms with Gasteiger partial charge in [-0.05, 0) is 6.42 Å². The first-order valence-electron chi connectivity index (χ1n) is 8.48. The van der Waals surface area contributed by atoms with Gasteiger partial charge in [0.2, 0.25) is 5.91 Å². The van der Waals surface area contributed by atoms with Crippen LogP contribution in [0.25, 0.3) is 0 Å². The minimum Gasteiger partial charge on any atom is -0.390 e. The van der Waals surface area contributed by atoms with Crippen LogP contribution in [0.15, 0.2) is 18.7 Å². The van der Waals surface area contributed by atoms with Crippen molar-refractivity contribution in [2.24, 2.45) is 0 Å². The predicted octanol–water partition coefficient (Wildman–Crippen LogP) is 0.966. The van der Waals surface area contributed by atoms with Crippen molar-refractivity contribution in [1.82, 2.24) is 19.4 Å². The number of aliphatic hydroxyl groups excluding tert-OH is 1. The highest BCUT2D eigenvalue weighted by molar-refractivity contribution is 5.76. The Hall–Kier alpha value is -1.54. The molecule has 0 radical (unpaired) electrons. The number of amides is 1. The normalized spacial score (nSPS) is 27.5. The summed E-state index contributed by atoms with van der Waals surface area (Å²) in [5.74, 6) is -2.58. The number of β-amino-alcohol motifs (C(OH)–C–C–N with tert-alkyl or cyclic N) is 1. The lowest BCUT2D eigenvalue weighted by molar-refractivity contribution is -0.130. The van der Waals surface area contributed by atoms with E-state index >= 15 is 0 Å². The number of hydrogen-bond donors (Lipinski definition) is 1. The van der Waals surface area contributed by atoms with Crippen LogP contribution in [0.1, 0.15) is 25.7 Å². The van der Waals surface area contributed by atoms with E-state index < -0.39 is 12.0 Å². The molecule has 2 atom stereocenters. The highest BCUT2D eigenvalue weighted by Crippen LogP contribution is 2.30. The predicted molar refractivity (Wildman–Crippen MR) is 83.6 cm³/mol. The summed E-state index contributed by atoms with van der Waals surface area (Å²) in [6, 6.07) is -0.223. The Labute approximate surface area is 140 Å². The van der Waals surface area contributed by atoms with Gasteiger partial charge in [0, 0.05) is 64.4 Å². The lowest BCUT2D eigenvalue weighted by Crippen LogP contribution is -2.49. The number of halogens is 2. The topological polar surface area (TPSA) is 61.6 Å². The smallest absolute Gasteiger partial charge is 0.250 e. The molecule has 1 amide bonds. The zero-order valence-electron chi connectivity index (χ0n) is 13.7. The number of imidazole rings is 1. The molecule has 3 heterocycles. The SMILES string of the molecule is O=C(CCCn1ccnc1)N1C[C@@H](O)[C@H](N2CCC(F)(F)CC2)C1. The second-order valence-corrected chi connectivity index (χ2v) is 6.73. The van der Waals surface area contributed by atoms with Crippen LogP contribution in [0.4, 0.5) is 8.78 Å². The molecule has 6 nitrogen and oxygen atoms in total. The first-order valence-corrected chi connectivity index (χ1v) is 8.48. The molecule has 0 bridgehead atoms. The summed E-state index contributed by atoms with van der Waals surface area (Å²) in [5.41, 5.74) is 0. The zero-order chi connectivity index (χ0) is 17.2. The van der Waals surface area contributed by atoms with Gasteiger partial charge >= 0.3 is 0 Å². The first kappa shape index (κ1) is 17.3. The molecule has 24 heavy (non-hydrogen) atoms. The van der Waals surface area contributed by atoms with E-state index in [1.807, 2.05) is 15.7 Å². The van der Waals surface area contributed by atoms with Crippen molar-refractivity contribution in [3.05, 3.63) is 18.7 Å². The lowest BCUT2D eigenvalue weighted by Gasteiger charge is -2.36. The molecule has 1 aromatic heterocycles. The van der Waals surface area contributed by atoms with E-state index in [0.717, 1.165) is 6.54 Å². The van der Waals surface area contributed by atoms with Gasteiger partial charge in [0.15, 0.2) is 0 Å².